The van der Waals surface area contributed by atoms with Crippen molar-refractivity contribution >= 4 is 10.0 Å². The van der Waals surface area contributed by atoms with Crippen LogP contribution in [-0.4, -0.2) is 35.8 Å². The first-order valence-corrected chi connectivity index (χ1v) is 6.54. The summed E-state index contributed by atoms with van der Waals surface area (Å²) in [6.45, 7) is 4.30. The van der Waals surface area contributed by atoms with Crippen LogP contribution in [0.4, 0.5) is 0 Å². The number of aryl methyl sites for hydroxylation is 2. The fraction of sp³-hybridized carbons (Fsp3) is 0.667. The third-order valence-corrected chi connectivity index (χ3v) is 4.62. The Kier molecular flexibility index (Phi) is 2.77. The van der Waals surface area contributed by atoms with E-state index in [1.165, 1.54) is 0 Å². The van der Waals surface area contributed by atoms with Crippen molar-refractivity contribution in [1.82, 2.24) is 14.2 Å². The van der Waals surface area contributed by atoms with E-state index >= 15 is 0 Å². The highest BCUT2D eigenvalue weighted by atomic mass is 32.2. The molecule has 0 amide bonds. The highest BCUT2D eigenvalue weighted by Crippen LogP contribution is 2.25. The van der Waals surface area contributed by atoms with Gasteiger partial charge in [0.25, 0.3) is 10.0 Å². The molecule has 0 spiro atoms. The zero-order valence-electron chi connectivity index (χ0n) is 9.60. The molecule has 1 saturated heterocycles. The summed E-state index contributed by atoms with van der Waals surface area (Å²) in [6.07, 6.45) is 0.734. The summed E-state index contributed by atoms with van der Waals surface area (Å²) >= 11 is 0. The van der Waals surface area contributed by atoms with E-state index in [2.05, 4.69) is 5.10 Å². The van der Waals surface area contributed by atoms with E-state index in [1.54, 1.807) is 25.6 Å². The Bertz CT molecular complexity index is 500. The molecule has 0 bridgehead atoms. The van der Waals surface area contributed by atoms with Crippen LogP contribution in [0, 0.1) is 13.8 Å². The van der Waals surface area contributed by atoms with Crippen LogP contribution in [0.2, 0.25) is 0 Å². The van der Waals surface area contributed by atoms with E-state index in [0.29, 0.717) is 24.5 Å². The van der Waals surface area contributed by atoms with Crippen molar-refractivity contribution < 1.29 is 13.3 Å². The topological polar surface area (TPSA) is 64.4 Å². The van der Waals surface area contributed by atoms with Gasteiger partial charge in [-0.25, -0.2) is 8.42 Å². The van der Waals surface area contributed by atoms with Gasteiger partial charge >= 0.3 is 0 Å². The van der Waals surface area contributed by atoms with Crippen LogP contribution >= 0.6 is 0 Å². The maximum Gasteiger partial charge on any atom is 0.268 e. The van der Waals surface area contributed by atoms with E-state index < -0.39 is 10.0 Å². The van der Waals surface area contributed by atoms with Crippen LogP contribution in [-0.2, 0) is 21.9 Å². The van der Waals surface area contributed by atoms with Gasteiger partial charge in [-0.05, 0) is 20.3 Å². The maximum absolute atomic E-state index is 12.2. The Morgan fingerprint density at radius 1 is 1.38 bits per heavy atom. The standard InChI is InChI=1S/C9H15N3O3S/c1-7-9(8(2)11(3)10-7)16(13,14)12-5-4-6-15-12/h4-6H2,1-3H3. The van der Waals surface area contributed by atoms with Gasteiger partial charge in [-0.3, -0.25) is 9.52 Å². The molecule has 0 aromatic carbocycles. The van der Waals surface area contributed by atoms with E-state index in [0.717, 1.165) is 10.9 Å². The fourth-order valence-corrected chi connectivity index (χ4v) is 3.55. The molecule has 0 unspecified atom stereocenters. The van der Waals surface area contributed by atoms with E-state index in [4.69, 9.17) is 4.84 Å². The van der Waals surface area contributed by atoms with Crippen molar-refractivity contribution in [3.05, 3.63) is 11.4 Å². The molecule has 1 aliphatic heterocycles. The van der Waals surface area contributed by atoms with Crippen LogP contribution in [0.3, 0.4) is 0 Å². The van der Waals surface area contributed by atoms with Crippen LogP contribution in [0.1, 0.15) is 17.8 Å². The number of sulfonamides is 1. The van der Waals surface area contributed by atoms with Gasteiger partial charge in [0.2, 0.25) is 0 Å². The number of hydroxylamine groups is 1. The van der Waals surface area contributed by atoms with Crippen LogP contribution < -0.4 is 0 Å². The molecular formula is C9H15N3O3S. The minimum Gasteiger partial charge on any atom is -0.284 e. The number of hydrogen-bond acceptors (Lipinski definition) is 4. The minimum atomic E-state index is -3.55. The van der Waals surface area contributed by atoms with Crippen LogP contribution in [0.5, 0.6) is 0 Å². The Balaban J connectivity index is 2.50. The van der Waals surface area contributed by atoms with Gasteiger partial charge < -0.3 is 0 Å². The molecule has 7 heteroatoms. The summed E-state index contributed by atoms with van der Waals surface area (Å²) in [5.41, 5.74) is 1.14. The summed E-state index contributed by atoms with van der Waals surface area (Å²) in [6, 6.07) is 0. The van der Waals surface area contributed by atoms with Gasteiger partial charge in [-0.15, -0.1) is 0 Å². The molecule has 1 fully saturated rings. The van der Waals surface area contributed by atoms with E-state index in [-0.39, 0.29) is 4.90 Å². The van der Waals surface area contributed by atoms with Crippen molar-refractivity contribution in [2.45, 2.75) is 25.2 Å². The molecule has 16 heavy (non-hydrogen) atoms. The lowest BCUT2D eigenvalue weighted by atomic mass is 10.4. The molecule has 90 valence electrons. The van der Waals surface area contributed by atoms with Crippen molar-refractivity contribution in [3.63, 3.8) is 0 Å². The van der Waals surface area contributed by atoms with Gasteiger partial charge in [-0.1, -0.05) is 4.47 Å². The Morgan fingerprint density at radius 3 is 2.50 bits per heavy atom. The molecular weight excluding hydrogens is 230 g/mol. The second-order valence-electron chi connectivity index (χ2n) is 3.84. The van der Waals surface area contributed by atoms with Crippen molar-refractivity contribution in [3.8, 4) is 0 Å². The van der Waals surface area contributed by atoms with Gasteiger partial charge in [0.05, 0.1) is 18.0 Å². The number of aromatic nitrogens is 2. The van der Waals surface area contributed by atoms with Crippen molar-refractivity contribution in [2.24, 2.45) is 7.05 Å². The minimum absolute atomic E-state index is 0.261. The Labute approximate surface area is 94.8 Å². The third kappa shape index (κ3) is 1.64. The lowest BCUT2D eigenvalue weighted by Gasteiger charge is -2.14. The largest absolute Gasteiger partial charge is 0.284 e. The second kappa shape index (κ2) is 3.83. The predicted octanol–water partition coefficient (Wildman–Crippen LogP) is 0.363. The summed E-state index contributed by atoms with van der Waals surface area (Å²) in [4.78, 5) is 5.36. The Morgan fingerprint density at radius 2 is 2.06 bits per heavy atom. The third-order valence-electron chi connectivity index (χ3n) is 2.69. The normalized spacial score (nSPS) is 18.2. The second-order valence-corrected chi connectivity index (χ2v) is 5.61. The number of nitrogens with zero attached hydrogens (tertiary/aromatic N) is 3. The molecule has 1 aromatic rings. The fourth-order valence-electron chi connectivity index (χ4n) is 1.84. The first-order chi connectivity index (χ1) is 7.44. The molecule has 0 N–H and O–H groups in total. The summed E-state index contributed by atoms with van der Waals surface area (Å²) in [7, 11) is -1.82. The molecule has 0 aliphatic carbocycles. The molecule has 6 nitrogen and oxygen atoms in total. The summed E-state index contributed by atoms with van der Waals surface area (Å²) in [5, 5.41) is 4.10. The van der Waals surface area contributed by atoms with Gasteiger partial charge in [0.15, 0.2) is 0 Å². The van der Waals surface area contributed by atoms with Crippen LogP contribution in [0.15, 0.2) is 4.90 Å². The predicted molar refractivity (Wildman–Crippen MR) is 57.1 cm³/mol. The lowest BCUT2D eigenvalue weighted by molar-refractivity contribution is -0.0285. The molecule has 0 saturated carbocycles. The van der Waals surface area contributed by atoms with Gasteiger partial charge in [-0.2, -0.15) is 5.10 Å². The summed E-state index contributed by atoms with van der Waals surface area (Å²) < 4.78 is 27.1. The summed E-state index contributed by atoms with van der Waals surface area (Å²) in [5.74, 6) is 0. The molecule has 0 radical (unpaired) electrons. The lowest BCUT2D eigenvalue weighted by Crippen LogP contribution is -2.27. The molecule has 1 aromatic heterocycles. The molecule has 2 heterocycles. The molecule has 2 rings (SSSR count). The number of rotatable bonds is 2. The van der Waals surface area contributed by atoms with E-state index in [1.807, 2.05) is 0 Å². The smallest absolute Gasteiger partial charge is 0.268 e. The van der Waals surface area contributed by atoms with E-state index in [9.17, 15) is 8.42 Å². The monoisotopic (exact) mass is 245 g/mol. The van der Waals surface area contributed by atoms with Gasteiger partial charge in [0.1, 0.15) is 4.90 Å². The first kappa shape index (κ1) is 11.6. The quantitative estimate of drug-likeness (QED) is 0.754. The van der Waals surface area contributed by atoms with Crippen molar-refractivity contribution in [1.29, 1.82) is 0 Å². The zero-order chi connectivity index (χ0) is 11.9. The molecule has 0 atom stereocenters. The number of hydrogen-bond donors (Lipinski definition) is 0. The highest BCUT2D eigenvalue weighted by molar-refractivity contribution is 7.89. The average molecular weight is 245 g/mol. The molecule has 1 aliphatic rings. The zero-order valence-corrected chi connectivity index (χ0v) is 10.4. The van der Waals surface area contributed by atoms with Gasteiger partial charge in [0, 0.05) is 13.6 Å². The SMILES string of the molecule is Cc1nn(C)c(C)c1S(=O)(=O)N1CCCO1. The van der Waals surface area contributed by atoms with Crippen molar-refractivity contribution in [2.75, 3.05) is 13.2 Å². The highest BCUT2D eigenvalue weighted by Gasteiger charge is 2.33. The first-order valence-electron chi connectivity index (χ1n) is 5.10. The maximum atomic E-state index is 12.2. The van der Waals surface area contributed by atoms with Crippen LogP contribution in [0.25, 0.3) is 0 Å². The Hall–Kier alpha value is -0.920. The average Bonchev–Trinajstić information content (AvgIpc) is 2.76.